The van der Waals surface area contributed by atoms with Gasteiger partial charge in [-0.2, -0.15) is 5.10 Å². The summed E-state index contributed by atoms with van der Waals surface area (Å²) in [5, 5.41) is 8.21. The van der Waals surface area contributed by atoms with Crippen molar-refractivity contribution in [2.45, 2.75) is 44.6 Å². The highest BCUT2D eigenvalue weighted by atomic mass is 32.2. The lowest BCUT2D eigenvalue weighted by molar-refractivity contribution is 0.102. The lowest BCUT2D eigenvalue weighted by Gasteiger charge is -2.12. The number of nitrogens with one attached hydrogen (secondary N) is 1. The fraction of sp³-hybridized carbons (Fsp3) is 0.350. The number of pyridine rings is 1. The first-order chi connectivity index (χ1) is 12.4. The minimum absolute atomic E-state index is 0.139. The Morgan fingerprint density at radius 3 is 2.42 bits per heavy atom. The van der Waals surface area contributed by atoms with E-state index in [1.807, 2.05) is 41.3 Å². The number of anilines is 1. The molecule has 0 fully saturated rings. The Bertz CT molecular complexity index is 929. The number of aromatic nitrogens is 3. The number of rotatable bonds is 5. The van der Waals surface area contributed by atoms with Gasteiger partial charge in [0, 0.05) is 22.3 Å². The third-order valence-electron chi connectivity index (χ3n) is 4.26. The quantitative estimate of drug-likeness (QED) is 0.636. The predicted octanol–water partition coefficient (Wildman–Crippen LogP) is 5.11. The Morgan fingerprint density at radius 1 is 1.15 bits per heavy atom. The van der Waals surface area contributed by atoms with Crippen LogP contribution in [-0.4, -0.2) is 26.9 Å². The lowest BCUT2D eigenvalue weighted by Crippen LogP contribution is -2.14. The van der Waals surface area contributed by atoms with Gasteiger partial charge in [0.25, 0.3) is 5.91 Å². The van der Waals surface area contributed by atoms with Gasteiger partial charge < -0.3 is 5.32 Å². The number of carbonyl (C=O) groups is 1. The number of hydrogen-bond donors (Lipinski definition) is 1. The fourth-order valence-electron chi connectivity index (χ4n) is 2.77. The van der Waals surface area contributed by atoms with Gasteiger partial charge >= 0.3 is 0 Å². The molecule has 0 saturated carbocycles. The van der Waals surface area contributed by atoms with Crippen LogP contribution in [0.5, 0.6) is 0 Å². The van der Waals surface area contributed by atoms with Gasteiger partial charge in [-0.3, -0.25) is 4.79 Å². The van der Waals surface area contributed by atoms with Gasteiger partial charge in [-0.15, -0.1) is 11.8 Å². The highest BCUT2D eigenvalue weighted by Crippen LogP contribution is 2.25. The van der Waals surface area contributed by atoms with E-state index in [2.05, 4.69) is 38.1 Å². The highest BCUT2D eigenvalue weighted by Gasteiger charge is 2.19. The summed E-state index contributed by atoms with van der Waals surface area (Å²) in [7, 11) is 0. The minimum atomic E-state index is -0.139. The molecule has 26 heavy (non-hydrogen) atoms. The maximum atomic E-state index is 13.0. The normalized spacial score (nSPS) is 11.5. The number of carbonyl (C=O) groups excluding carboxylic acids is 1. The van der Waals surface area contributed by atoms with Gasteiger partial charge in [-0.1, -0.05) is 13.8 Å². The Labute approximate surface area is 158 Å². The van der Waals surface area contributed by atoms with Gasteiger partial charge in [0.05, 0.1) is 17.1 Å². The zero-order valence-corrected chi connectivity index (χ0v) is 16.6. The van der Waals surface area contributed by atoms with E-state index in [0.717, 1.165) is 27.3 Å². The zero-order chi connectivity index (χ0) is 18.8. The summed E-state index contributed by atoms with van der Waals surface area (Å²) in [4.78, 5) is 18.9. The van der Waals surface area contributed by atoms with E-state index in [1.54, 1.807) is 18.0 Å². The Morgan fingerprint density at radius 2 is 1.85 bits per heavy atom. The Hall–Kier alpha value is -2.34. The van der Waals surface area contributed by atoms with Crippen LogP contribution in [0.1, 0.15) is 55.7 Å². The molecule has 5 nitrogen and oxygen atoms in total. The monoisotopic (exact) mass is 368 g/mol. The van der Waals surface area contributed by atoms with Crippen LogP contribution >= 0.6 is 11.8 Å². The lowest BCUT2D eigenvalue weighted by atomic mass is 10.0. The molecular formula is C20H24N4OS. The molecule has 2 aromatic heterocycles. The van der Waals surface area contributed by atoms with Gasteiger partial charge in [-0.25, -0.2) is 9.67 Å². The van der Waals surface area contributed by atoms with E-state index in [1.165, 1.54) is 0 Å². The predicted molar refractivity (Wildman–Crippen MR) is 108 cm³/mol. The molecule has 0 unspecified atom stereocenters. The molecule has 1 N–H and O–H groups in total. The average molecular weight is 369 g/mol. The van der Waals surface area contributed by atoms with Crippen molar-refractivity contribution in [1.29, 1.82) is 0 Å². The van der Waals surface area contributed by atoms with Crippen molar-refractivity contribution in [2.75, 3.05) is 11.6 Å². The molecule has 0 aliphatic heterocycles. The van der Waals surface area contributed by atoms with Crippen molar-refractivity contribution < 1.29 is 4.79 Å². The van der Waals surface area contributed by atoms with Crippen LogP contribution in [0.4, 0.5) is 5.69 Å². The van der Waals surface area contributed by atoms with E-state index < -0.39 is 0 Å². The zero-order valence-electron chi connectivity index (χ0n) is 15.8. The number of amides is 1. The third-order valence-corrected chi connectivity index (χ3v) is 5.00. The smallest absolute Gasteiger partial charge is 0.256 e. The summed E-state index contributed by atoms with van der Waals surface area (Å²) >= 11 is 1.67. The van der Waals surface area contributed by atoms with Crippen LogP contribution in [0.3, 0.4) is 0 Å². The summed E-state index contributed by atoms with van der Waals surface area (Å²) in [5.41, 5.74) is 3.04. The molecule has 1 aromatic carbocycles. The molecule has 0 bridgehead atoms. The molecule has 0 saturated heterocycles. The van der Waals surface area contributed by atoms with Crippen LogP contribution in [-0.2, 0) is 0 Å². The summed E-state index contributed by atoms with van der Waals surface area (Å²) < 4.78 is 1.87. The molecule has 0 radical (unpaired) electrons. The van der Waals surface area contributed by atoms with Gasteiger partial charge in [0.2, 0.25) is 0 Å². The molecule has 0 aliphatic rings. The molecule has 136 valence electrons. The van der Waals surface area contributed by atoms with Crippen molar-refractivity contribution in [3.8, 4) is 0 Å². The molecule has 1 amide bonds. The first-order valence-corrected chi connectivity index (χ1v) is 9.96. The van der Waals surface area contributed by atoms with Gasteiger partial charge in [0.15, 0.2) is 5.65 Å². The molecule has 0 aliphatic carbocycles. The van der Waals surface area contributed by atoms with Crippen LogP contribution in [0.25, 0.3) is 11.0 Å². The fourth-order valence-corrected chi connectivity index (χ4v) is 3.18. The Kier molecular flexibility index (Phi) is 5.32. The molecule has 2 heterocycles. The largest absolute Gasteiger partial charge is 0.322 e. The van der Waals surface area contributed by atoms with E-state index in [9.17, 15) is 4.79 Å². The van der Waals surface area contributed by atoms with Gasteiger partial charge in [0.1, 0.15) is 0 Å². The van der Waals surface area contributed by atoms with E-state index in [-0.39, 0.29) is 17.9 Å². The maximum absolute atomic E-state index is 13.0. The number of thioether (sulfide) groups is 1. The first-order valence-electron chi connectivity index (χ1n) is 8.74. The number of hydrogen-bond acceptors (Lipinski definition) is 4. The maximum Gasteiger partial charge on any atom is 0.256 e. The standard InChI is InChI=1S/C20H24N4OS/c1-12(2)18-10-16(17-11-21-24(13(3)4)19(17)23-18)20(25)22-14-6-8-15(26-5)9-7-14/h6-13H,1-5H3,(H,22,25). The van der Waals surface area contributed by atoms with Crippen molar-refractivity contribution in [3.63, 3.8) is 0 Å². The van der Waals surface area contributed by atoms with Crippen LogP contribution < -0.4 is 5.32 Å². The van der Waals surface area contributed by atoms with Crippen LogP contribution in [0.15, 0.2) is 41.4 Å². The molecule has 3 aromatic rings. The first kappa shape index (κ1) is 18.5. The van der Waals surface area contributed by atoms with Crippen LogP contribution in [0.2, 0.25) is 0 Å². The summed E-state index contributed by atoms with van der Waals surface area (Å²) in [6, 6.07) is 9.89. The second kappa shape index (κ2) is 7.50. The molecule has 0 spiro atoms. The van der Waals surface area contributed by atoms with E-state index >= 15 is 0 Å². The third kappa shape index (κ3) is 3.60. The number of nitrogens with zero attached hydrogens (tertiary/aromatic N) is 3. The molecular weight excluding hydrogens is 344 g/mol. The molecule has 3 rings (SSSR count). The number of fused-ring (bicyclic) bond motifs is 1. The van der Waals surface area contributed by atoms with Crippen molar-refractivity contribution in [3.05, 3.63) is 47.8 Å². The molecule has 0 atom stereocenters. The minimum Gasteiger partial charge on any atom is -0.322 e. The van der Waals surface area contributed by atoms with Crippen molar-refractivity contribution >= 4 is 34.4 Å². The van der Waals surface area contributed by atoms with Crippen molar-refractivity contribution in [2.24, 2.45) is 0 Å². The van der Waals surface area contributed by atoms with Crippen LogP contribution in [0, 0.1) is 0 Å². The van der Waals surface area contributed by atoms with Gasteiger partial charge in [-0.05, 0) is 56.4 Å². The highest BCUT2D eigenvalue weighted by molar-refractivity contribution is 7.98. The Balaban J connectivity index is 2.03. The average Bonchev–Trinajstić information content (AvgIpc) is 3.05. The van der Waals surface area contributed by atoms with E-state index in [4.69, 9.17) is 4.98 Å². The SMILES string of the molecule is CSc1ccc(NC(=O)c2cc(C(C)C)nc3c2cnn3C(C)C)cc1. The summed E-state index contributed by atoms with van der Waals surface area (Å²) in [5.74, 6) is 0.0850. The second-order valence-corrected chi connectivity index (χ2v) is 7.73. The van der Waals surface area contributed by atoms with E-state index in [0.29, 0.717) is 5.56 Å². The topological polar surface area (TPSA) is 59.8 Å². The second-order valence-electron chi connectivity index (χ2n) is 6.85. The molecule has 6 heteroatoms. The summed E-state index contributed by atoms with van der Waals surface area (Å²) in [6.07, 6.45) is 3.76. The van der Waals surface area contributed by atoms with Crippen molar-refractivity contribution in [1.82, 2.24) is 14.8 Å². The summed E-state index contributed by atoms with van der Waals surface area (Å²) in [6.45, 7) is 8.27. The number of benzene rings is 1.